The molecule has 6 nitrogen and oxygen atoms in total. The van der Waals surface area contributed by atoms with Gasteiger partial charge in [0.1, 0.15) is 6.10 Å². The van der Waals surface area contributed by atoms with E-state index in [1.165, 1.54) is 11.8 Å². The molecule has 1 aromatic carbocycles. The van der Waals surface area contributed by atoms with Gasteiger partial charge in [0, 0.05) is 18.3 Å². The highest BCUT2D eigenvalue weighted by atomic mass is 32.2. The predicted molar refractivity (Wildman–Crippen MR) is 102 cm³/mol. The van der Waals surface area contributed by atoms with Gasteiger partial charge in [0.15, 0.2) is 0 Å². The number of benzene rings is 1. The van der Waals surface area contributed by atoms with Crippen LogP contribution in [-0.4, -0.2) is 36.4 Å². The second-order valence-electron chi connectivity index (χ2n) is 6.27. The van der Waals surface area contributed by atoms with Crippen molar-refractivity contribution < 1.29 is 14.3 Å². The average Bonchev–Trinajstić information content (AvgIpc) is 2.64. The summed E-state index contributed by atoms with van der Waals surface area (Å²) in [5.74, 6) is 0.838. The number of nitriles is 1. The Hall–Kier alpha value is -2.20. The molecule has 2 amide bonds. The SMILES string of the molecule is CCNC(=O)NC1CCC(OC(=O)CSCc2ccc(C#N)cc2)CC1. The summed E-state index contributed by atoms with van der Waals surface area (Å²) in [6.07, 6.45) is 3.16. The summed E-state index contributed by atoms with van der Waals surface area (Å²) >= 11 is 1.51. The van der Waals surface area contributed by atoms with Crippen molar-refractivity contribution in [2.45, 2.75) is 50.5 Å². The molecule has 1 aromatic rings. The molecule has 0 saturated heterocycles. The molecule has 0 aromatic heterocycles. The maximum Gasteiger partial charge on any atom is 0.316 e. The molecule has 2 rings (SSSR count). The van der Waals surface area contributed by atoms with E-state index in [1.807, 2.05) is 19.1 Å². The zero-order chi connectivity index (χ0) is 18.8. The van der Waals surface area contributed by atoms with Crippen molar-refractivity contribution in [1.82, 2.24) is 10.6 Å². The molecule has 0 unspecified atom stereocenters. The lowest BCUT2D eigenvalue weighted by atomic mass is 9.93. The molecule has 1 saturated carbocycles. The Labute approximate surface area is 158 Å². The number of carbonyl (C=O) groups is 2. The molecule has 0 bridgehead atoms. The maximum atomic E-state index is 12.0. The van der Waals surface area contributed by atoms with Gasteiger partial charge in [-0.25, -0.2) is 4.79 Å². The van der Waals surface area contributed by atoms with Crippen LogP contribution >= 0.6 is 11.8 Å². The van der Waals surface area contributed by atoms with Crippen molar-refractivity contribution in [2.24, 2.45) is 0 Å². The lowest BCUT2D eigenvalue weighted by molar-refractivity contribution is -0.147. The first-order chi connectivity index (χ1) is 12.6. The van der Waals surface area contributed by atoms with E-state index in [4.69, 9.17) is 10.00 Å². The third-order valence-corrected chi connectivity index (χ3v) is 5.19. The van der Waals surface area contributed by atoms with Gasteiger partial charge in [0.25, 0.3) is 0 Å². The van der Waals surface area contributed by atoms with E-state index >= 15 is 0 Å². The Morgan fingerprint density at radius 1 is 1.23 bits per heavy atom. The van der Waals surface area contributed by atoms with Crippen molar-refractivity contribution in [1.29, 1.82) is 5.26 Å². The van der Waals surface area contributed by atoms with E-state index in [2.05, 4.69) is 16.7 Å². The number of carbonyl (C=O) groups excluding carboxylic acids is 2. The minimum absolute atomic E-state index is 0.0506. The highest BCUT2D eigenvalue weighted by molar-refractivity contribution is 7.99. The van der Waals surface area contributed by atoms with Gasteiger partial charge in [-0.3, -0.25) is 4.79 Å². The van der Waals surface area contributed by atoms with Crippen LogP contribution in [-0.2, 0) is 15.3 Å². The van der Waals surface area contributed by atoms with Crippen LogP contribution in [0.25, 0.3) is 0 Å². The van der Waals surface area contributed by atoms with Crippen LogP contribution in [0.1, 0.15) is 43.7 Å². The zero-order valence-electron chi connectivity index (χ0n) is 15.0. The standard InChI is InChI=1S/C19H25N3O3S/c1-2-21-19(24)22-16-7-9-17(10-8-16)25-18(23)13-26-12-15-5-3-14(11-20)4-6-15/h3-6,16-17H,2,7-10,12-13H2,1H3,(H2,21,22,24). The quantitative estimate of drug-likeness (QED) is 0.715. The zero-order valence-corrected chi connectivity index (χ0v) is 15.8. The minimum atomic E-state index is -0.191. The number of rotatable bonds is 7. The van der Waals surface area contributed by atoms with Crippen LogP contribution in [0.2, 0.25) is 0 Å². The lowest BCUT2D eigenvalue weighted by Crippen LogP contribution is -2.44. The monoisotopic (exact) mass is 375 g/mol. The molecule has 2 N–H and O–H groups in total. The molecule has 1 aliphatic carbocycles. The Balaban J connectivity index is 1.61. The second kappa shape index (κ2) is 10.7. The fourth-order valence-corrected chi connectivity index (χ4v) is 3.63. The highest BCUT2D eigenvalue weighted by Gasteiger charge is 2.24. The minimum Gasteiger partial charge on any atom is -0.462 e. The Morgan fingerprint density at radius 3 is 2.54 bits per heavy atom. The number of hydrogen-bond acceptors (Lipinski definition) is 5. The van der Waals surface area contributed by atoms with E-state index in [9.17, 15) is 9.59 Å². The smallest absolute Gasteiger partial charge is 0.316 e. The summed E-state index contributed by atoms with van der Waals surface area (Å²) in [4.78, 5) is 23.5. The van der Waals surface area contributed by atoms with Crippen LogP contribution in [0.3, 0.4) is 0 Å². The molecule has 26 heavy (non-hydrogen) atoms. The molecule has 1 aliphatic rings. The molecule has 0 aliphatic heterocycles. The van der Waals surface area contributed by atoms with E-state index in [-0.39, 0.29) is 24.1 Å². The first-order valence-corrected chi connectivity index (χ1v) is 10.1. The third-order valence-electron chi connectivity index (χ3n) is 4.22. The number of thioether (sulfide) groups is 1. The van der Waals surface area contributed by atoms with Crippen LogP contribution in [0, 0.1) is 11.3 Å². The van der Waals surface area contributed by atoms with Crippen molar-refractivity contribution in [3.05, 3.63) is 35.4 Å². The Kier molecular flexibility index (Phi) is 8.29. The number of hydrogen-bond donors (Lipinski definition) is 2. The van der Waals surface area contributed by atoms with Crippen molar-refractivity contribution in [2.75, 3.05) is 12.3 Å². The number of ether oxygens (including phenoxy) is 1. The highest BCUT2D eigenvalue weighted by Crippen LogP contribution is 2.22. The number of esters is 1. The predicted octanol–water partition coefficient (Wildman–Crippen LogP) is 2.96. The lowest BCUT2D eigenvalue weighted by Gasteiger charge is -2.28. The molecule has 1 fully saturated rings. The van der Waals surface area contributed by atoms with Gasteiger partial charge in [0.2, 0.25) is 0 Å². The van der Waals surface area contributed by atoms with E-state index in [0.717, 1.165) is 31.2 Å². The summed E-state index contributed by atoms with van der Waals surface area (Å²) in [6.45, 7) is 2.49. The van der Waals surface area contributed by atoms with Crippen LogP contribution < -0.4 is 10.6 Å². The van der Waals surface area contributed by atoms with Gasteiger partial charge in [-0.15, -0.1) is 11.8 Å². The van der Waals surface area contributed by atoms with E-state index in [1.54, 1.807) is 12.1 Å². The third kappa shape index (κ3) is 6.96. The van der Waals surface area contributed by atoms with Gasteiger partial charge < -0.3 is 15.4 Å². The molecular weight excluding hydrogens is 350 g/mol. The molecular formula is C19H25N3O3S. The summed E-state index contributed by atoms with van der Waals surface area (Å²) in [7, 11) is 0. The van der Waals surface area contributed by atoms with Crippen LogP contribution in [0.15, 0.2) is 24.3 Å². The van der Waals surface area contributed by atoms with Gasteiger partial charge in [-0.1, -0.05) is 12.1 Å². The largest absolute Gasteiger partial charge is 0.462 e. The van der Waals surface area contributed by atoms with E-state index in [0.29, 0.717) is 23.6 Å². The second-order valence-corrected chi connectivity index (χ2v) is 7.25. The Morgan fingerprint density at radius 2 is 1.92 bits per heavy atom. The first kappa shape index (κ1) is 20.1. The maximum absolute atomic E-state index is 12.0. The van der Waals surface area contributed by atoms with Gasteiger partial charge >= 0.3 is 12.0 Å². The molecule has 140 valence electrons. The summed E-state index contributed by atoms with van der Waals surface area (Å²) in [5, 5.41) is 14.4. The topological polar surface area (TPSA) is 91.2 Å². The van der Waals surface area contributed by atoms with Gasteiger partial charge in [0.05, 0.1) is 17.4 Å². The van der Waals surface area contributed by atoms with Crippen molar-refractivity contribution >= 4 is 23.8 Å². The fourth-order valence-electron chi connectivity index (χ4n) is 2.87. The number of amides is 2. The molecule has 7 heteroatoms. The van der Waals surface area contributed by atoms with E-state index < -0.39 is 0 Å². The van der Waals surface area contributed by atoms with Crippen molar-refractivity contribution in [3.63, 3.8) is 0 Å². The average molecular weight is 375 g/mol. The van der Waals surface area contributed by atoms with Crippen molar-refractivity contribution in [3.8, 4) is 6.07 Å². The van der Waals surface area contributed by atoms with Crippen LogP contribution in [0.4, 0.5) is 4.79 Å². The fraction of sp³-hybridized carbons (Fsp3) is 0.526. The summed E-state index contributed by atoms with van der Waals surface area (Å²) in [6, 6.07) is 9.47. The summed E-state index contributed by atoms with van der Waals surface area (Å²) in [5.41, 5.74) is 1.72. The number of nitrogens with zero attached hydrogens (tertiary/aromatic N) is 1. The summed E-state index contributed by atoms with van der Waals surface area (Å²) < 4.78 is 5.54. The number of nitrogens with one attached hydrogen (secondary N) is 2. The van der Waals surface area contributed by atoms with Gasteiger partial charge in [-0.2, -0.15) is 5.26 Å². The normalized spacial score (nSPS) is 19.2. The first-order valence-electron chi connectivity index (χ1n) is 8.91. The Bertz CT molecular complexity index is 634. The molecule has 0 spiro atoms. The molecule has 0 radical (unpaired) electrons. The molecule has 0 atom stereocenters. The van der Waals surface area contributed by atoms with Crippen LogP contribution in [0.5, 0.6) is 0 Å². The number of urea groups is 1. The van der Waals surface area contributed by atoms with Gasteiger partial charge in [-0.05, 0) is 50.3 Å². The molecule has 0 heterocycles.